The smallest absolute Gasteiger partial charge is 0.396 e. The lowest BCUT2D eigenvalue weighted by Crippen LogP contribution is -2.45. The van der Waals surface area contributed by atoms with Crippen LogP contribution in [0, 0.1) is 22.7 Å². The van der Waals surface area contributed by atoms with Crippen LogP contribution in [0.3, 0.4) is 0 Å². The lowest BCUT2D eigenvalue weighted by Gasteiger charge is -2.43. The third-order valence-corrected chi connectivity index (χ3v) is 7.45. The Hall–Kier alpha value is -1.78. The Labute approximate surface area is 169 Å². The first-order chi connectivity index (χ1) is 13.9. The Morgan fingerprint density at radius 2 is 1.86 bits per heavy atom. The molecule has 3 fully saturated rings. The molecule has 2 aliphatic heterocycles. The molecule has 1 atom stereocenters. The fourth-order valence-electron chi connectivity index (χ4n) is 5.71. The second-order valence-electron chi connectivity index (χ2n) is 8.94. The van der Waals surface area contributed by atoms with Crippen LogP contribution in [0.1, 0.15) is 49.7 Å². The first-order valence-corrected chi connectivity index (χ1v) is 10.6. The number of likely N-dealkylation sites (tertiary alicyclic amines) is 1. The van der Waals surface area contributed by atoms with E-state index in [1.165, 1.54) is 31.7 Å². The molecule has 2 saturated heterocycles. The minimum Gasteiger partial charge on any atom is -0.396 e. The SMILES string of the molecule is N#Cc1ccc(N2CCC3(CC2)CN(C2CCCC2)CC3CO)cc1C(F)(F)F. The fraction of sp³-hybridized carbons (Fsp3) is 0.682. The van der Waals surface area contributed by atoms with Gasteiger partial charge in [-0.1, -0.05) is 12.8 Å². The molecule has 0 amide bonds. The number of hydrogen-bond acceptors (Lipinski definition) is 4. The monoisotopic (exact) mass is 407 g/mol. The van der Waals surface area contributed by atoms with Gasteiger partial charge in [0.2, 0.25) is 0 Å². The minimum absolute atomic E-state index is 0.0628. The van der Waals surface area contributed by atoms with Crippen molar-refractivity contribution >= 4 is 5.69 Å². The van der Waals surface area contributed by atoms with E-state index in [4.69, 9.17) is 5.26 Å². The molecule has 158 valence electrons. The molecule has 1 aromatic rings. The Kier molecular flexibility index (Phi) is 5.52. The van der Waals surface area contributed by atoms with Gasteiger partial charge in [-0.3, -0.25) is 4.90 Å². The number of nitriles is 1. The minimum atomic E-state index is -4.53. The number of alkyl halides is 3. The summed E-state index contributed by atoms with van der Waals surface area (Å²) in [5.41, 5.74) is -0.609. The summed E-state index contributed by atoms with van der Waals surface area (Å²) >= 11 is 0. The molecule has 1 N–H and O–H groups in total. The summed E-state index contributed by atoms with van der Waals surface area (Å²) in [7, 11) is 0. The molecular weight excluding hydrogens is 379 g/mol. The molecule has 1 aliphatic carbocycles. The Morgan fingerprint density at radius 3 is 2.45 bits per heavy atom. The van der Waals surface area contributed by atoms with E-state index in [0.717, 1.165) is 32.0 Å². The lowest BCUT2D eigenvalue weighted by atomic mass is 9.71. The van der Waals surface area contributed by atoms with Gasteiger partial charge in [0.25, 0.3) is 0 Å². The molecule has 7 heteroatoms. The van der Waals surface area contributed by atoms with Crippen molar-refractivity contribution in [3.8, 4) is 6.07 Å². The zero-order chi connectivity index (χ0) is 20.6. The van der Waals surface area contributed by atoms with Gasteiger partial charge in [0.15, 0.2) is 0 Å². The number of aliphatic hydroxyl groups is 1. The summed E-state index contributed by atoms with van der Waals surface area (Å²) in [5, 5.41) is 19.0. The molecule has 0 aromatic heterocycles. The largest absolute Gasteiger partial charge is 0.417 e. The van der Waals surface area contributed by atoms with Crippen molar-refractivity contribution in [2.75, 3.05) is 37.7 Å². The lowest BCUT2D eigenvalue weighted by molar-refractivity contribution is -0.137. The standard InChI is InChI=1S/C22H28F3N3O/c23-22(24,25)20-11-19(6-5-16(20)12-26)27-9-7-21(8-10-27)15-28(13-17(21)14-29)18-3-1-2-4-18/h5-6,11,17-18,29H,1-4,7-10,13-15H2. The van der Waals surface area contributed by atoms with E-state index in [-0.39, 0.29) is 23.5 Å². The van der Waals surface area contributed by atoms with Crippen LogP contribution >= 0.6 is 0 Å². The van der Waals surface area contributed by atoms with Gasteiger partial charge in [-0.05, 0) is 49.3 Å². The van der Waals surface area contributed by atoms with Crippen LogP contribution in [0.25, 0.3) is 0 Å². The molecule has 4 rings (SSSR count). The number of nitrogens with zero attached hydrogens (tertiary/aromatic N) is 3. The number of piperidine rings is 1. The predicted octanol–water partition coefficient (Wildman–Crippen LogP) is 4.03. The van der Waals surface area contributed by atoms with Crippen LogP contribution in [0.2, 0.25) is 0 Å². The van der Waals surface area contributed by atoms with Gasteiger partial charge in [-0.15, -0.1) is 0 Å². The zero-order valence-corrected chi connectivity index (χ0v) is 16.6. The summed E-state index contributed by atoms with van der Waals surface area (Å²) in [5.74, 6) is 0.247. The van der Waals surface area contributed by atoms with Crippen molar-refractivity contribution in [2.24, 2.45) is 11.3 Å². The number of hydrogen-bond donors (Lipinski definition) is 1. The molecule has 2 heterocycles. The zero-order valence-electron chi connectivity index (χ0n) is 16.6. The van der Waals surface area contributed by atoms with Crippen LogP contribution in [0.15, 0.2) is 18.2 Å². The number of halogens is 3. The molecule has 1 spiro atoms. The highest BCUT2D eigenvalue weighted by atomic mass is 19.4. The molecule has 1 unspecified atom stereocenters. The number of rotatable bonds is 3. The van der Waals surface area contributed by atoms with E-state index in [2.05, 4.69) is 4.90 Å². The first-order valence-electron chi connectivity index (χ1n) is 10.6. The summed E-state index contributed by atoms with van der Waals surface area (Å²) in [6.45, 7) is 3.48. The maximum atomic E-state index is 13.3. The number of anilines is 1. The van der Waals surface area contributed by atoms with Gasteiger partial charge in [0.05, 0.1) is 17.2 Å². The van der Waals surface area contributed by atoms with Gasteiger partial charge >= 0.3 is 6.18 Å². The van der Waals surface area contributed by atoms with Gasteiger partial charge in [0, 0.05) is 50.4 Å². The van der Waals surface area contributed by atoms with Crippen molar-refractivity contribution in [1.29, 1.82) is 5.26 Å². The molecule has 4 nitrogen and oxygen atoms in total. The maximum absolute atomic E-state index is 13.3. The van der Waals surface area contributed by atoms with E-state index in [1.54, 1.807) is 12.1 Å². The van der Waals surface area contributed by atoms with E-state index >= 15 is 0 Å². The number of aliphatic hydroxyl groups excluding tert-OH is 1. The van der Waals surface area contributed by atoms with Crippen LogP contribution in [-0.2, 0) is 6.18 Å². The molecule has 1 saturated carbocycles. The third kappa shape index (κ3) is 3.85. The number of benzene rings is 1. The highest BCUT2D eigenvalue weighted by molar-refractivity contribution is 5.55. The topological polar surface area (TPSA) is 50.5 Å². The van der Waals surface area contributed by atoms with Crippen molar-refractivity contribution < 1.29 is 18.3 Å². The van der Waals surface area contributed by atoms with E-state index < -0.39 is 11.7 Å². The van der Waals surface area contributed by atoms with Crippen LogP contribution in [0.4, 0.5) is 18.9 Å². The highest BCUT2D eigenvalue weighted by Crippen LogP contribution is 2.47. The maximum Gasteiger partial charge on any atom is 0.417 e. The predicted molar refractivity (Wildman–Crippen MR) is 104 cm³/mol. The molecule has 3 aliphatic rings. The van der Waals surface area contributed by atoms with E-state index in [1.807, 2.05) is 4.90 Å². The second-order valence-corrected chi connectivity index (χ2v) is 8.94. The van der Waals surface area contributed by atoms with Crippen LogP contribution in [-0.4, -0.2) is 48.8 Å². The van der Waals surface area contributed by atoms with E-state index in [9.17, 15) is 18.3 Å². The van der Waals surface area contributed by atoms with E-state index in [0.29, 0.717) is 24.8 Å². The van der Waals surface area contributed by atoms with Gasteiger partial charge in [-0.25, -0.2) is 0 Å². The summed E-state index contributed by atoms with van der Waals surface area (Å²) in [4.78, 5) is 4.56. The van der Waals surface area contributed by atoms with Crippen LogP contribution < -0.4 is 4.90 Å². The molecule has 0 radical (unpaired) electrons. The van der Waals surface area contributed by atoms with Crippen molar-refractivity contribution in [2.45, 2.75) is 50.7 Å². The molecule has 29 heavy (non-hydrogen) atoms. The average molecular weight is 407 g/mol. The Bertz CT molecular complexity index is 774. The van der Waals surface area contributed by atoms with Crippen molar-refractivity contribution in [3.05, 3.63) is 29.3 Å². The van der Waals surface area contributed by atoms with Crippen molar-refractivity contribution in [1.82, 2.24) is 4.90 Å². The fourth-order valence-corrected chi connectivity index (χ4v) is 5.71. The summed E-state index contributed by atoms with van der Waals surface area (Å²) < 4.78 is 39.9. The third-order valence-electron chi connectivity index (χ3n) is 7.45. The normalized spacial score (nSPS) is 25.6. The van der Waals surface area contributed by atoms with Crippen molar-refractivity contribution in [3.63, 3.8) is 0 Å². The van der Waals surface area contributed by atoms with Gasteiger partial charge < -0.3 is 10.0 Å². The Balaban J connectivity index is 1.48. The summed E-state index contributed by atoms with van der Waals surface area (Å²) in [6, 6.07) is 6.28. The molecule has 0 bridgehead atoms. The summed E-state index contributed by atoms with van der Waals surface area (Å²) in [6.07, 6.45) is 2.27. The second kappa shape index (κ2) is 7.81. The Morgan fingerprint density at radius 1 is 1.17 bits per heavy atom. The quantitative estimate of drug-likeness (QED) is 0.822. The molecular formula is C22H28F3N3O. The van der Waals surface area contributed by atoms with Gasteiger partial charge in [0.1, 0.15) is 0 Å². The van der Waals surface area contributed by atoms with Crippen LogP contribution in [0.5, 0.6) is 0 Å². The average Bonchev–Trinajstić information content (AvgIpc) is 3.36. The highest BCUT2D eigenvalue weighted by Gasteiger charge is 2.49. The molecule has 1 aromatic carbocycles. The first kappa shape index (κ1) is 20.5. The van der Waals surface area contributed by atoms with Gasteiger partial charge in [-0.2, -0.15) is 18.4 Å².